The molecule has 0 atom stereocenters. The zero-order valence-corrected chi connectivity index (χ0v) is 9.54. The minimum absolute atomic E-state index is 0.00590. The van der Waals surface area contributed by atoms with E-state index in [4.69, 9.17) is 16.3 Å². The van der Waals surface area contributed by atoms with Gasteiger partial charge in [-0.25, -0.2) is 4.39 Å². The zero-order valence-electron chi connectivity index (χ0n) is 7.96. The van der Waals surface area contributed by atoms with E-state index in [2.05, 4.69) is 8.75 Å². The predicted octanol–water partition coefficient (Wildman–Crippen LogP) is 3.03. The Labute approximate surface area is 103 Å². The van der Waals surface area contributed by atoms with Gasteiger partial charge in [-0.15, -0.1) is 4.37 Å². The molecule has 0 saturated carbocycles. The third-order valence-electron chi connectivity index (χ3n) is 1.75. The van der Waals surface area contributed by atoms with Gasteiger partial charge in [0.1, 0.15) is 5.82 Å². The Morgan fingerprint density at radius 2 is 2.24 bits per heavy atom. The number of halogens is 2. The average molecular weight is 276 g/mol. The summed E-state index contributed by atoms with van der Waals surface area (Å²) in [6.07, 6.45) is 0. The Morgan fingerprint density at radius 3 is 2.82 bits per heavy atom. The molecule has 0 N–H and O–H groups in total. The van der Waals surface area contributed by atoms with E-state index in [1.54, 1.807) is 0 Å². The lowest BCUT2D eigenvalue weighted by Crippen LogP contribution is -1.94. The molecule has 1 aromatic heterocycles. The molecule has 2 rings (SSSR count). The van der Waals surface area contributed by atoms with Crippen LogP contribution in [0.2, 0.25) is 5.15 Å². The van der Waals surface area contributed by atoms with Gasteiger partial charge in [-0.1, -0.05) is 11.6 Å². The Kier molecular flexibility index (Phi) is 3.16. The van der Waals surface area contributed by atoms with Crippen LogP contribution in [0, 0.1) is 15.9 Å². The first-order valence-corrected chi connectivity index (χ1v) is 5.28. The molecular formula is C8H3ClFN3O3S. The molecule has 9 heteroatoms. The molecule has 0 aliphatic carbocycles. The molecule has 88 valence electrons. The fourth-order valence-electron chi connectivity index (χ4n) is 1.05. The van der Waals surface area contributed by atoms with E-state index in [0.717, 1.165) is 29.9 Å². The number of hydrogen-bond acceptors (Lipinski definition) is 6. The van der Waals surface area contributed by atoms with E-state index in [-0.39, 0.29) is 16.8 Å². The van der Waals surface area contributed by atoms with Gasteiger partial charge in [-0.2, -0.15) is 4.37 Å². The van der Waals surface area contributed by atoms with Crippen LogP contribution in [-0.2, 0) is 0 Å². The minimum Gasteiger partial charge on any atom is -0.428 e. The minimum atomic E-state index is -0.758. The summed E-state index contributed by atoms with van der Waals surface area (Å²) in [4.78, 5) is 9.92. The summed E-state index contributed by atoms with van der Waals surface area (Å²) < 4.78 is 25.3. The van der Waals surface area contributed by atoms with Gasteiger partial charge in [0.15, 0.2) is 0 Å². The lowest BCUT2D eigenvalue weighted by molar-refractivity contribution is -0.385. The molecule has 0 bridgehead atoms. The highest BCUT2D eigenvalue weighted by Crippen LogP contribution is 2.33. The third-order valence-corrected chi connectivity index (χ3v) is 2.60. The quantitative estimate of drug-likeness (QED) is 0.635. The normalized spacial score (nSPS) is 10.2. The van der Waals surface area contributed by atoms with Gasteiger partial charge in [0.05, 0.1) is 22.7 Å². The maximum absolute atomic E-state index is 12.9. The Bertz CT molecular complexity index is 577. The zero-order chi connectivity index (χ0) is 12.4. The lowest BCUT2D eigenvalue weighted by Gasteiger charge is -2.02. The van der Waals surface area contributed by atoms with Gasteiger partial charge < -0.3 is 4.74 Å². The van der Waals surface area contributed by atoms with Crippen LogP contribution < -0.4 is 4.74 Å². The smallest absolute Gasteiger partial charge is 0.314 e. The topological polar surface area (TPSA) is 78.2 Å². The molecule has 0 aliphatic rings. The highest BCUT2D eigenvalue weighted by Gasteiger charge is 2.19. The van der Waals surface area contributed by atoms with Crippen LogP contribution in [0.15, 0.2) is 18.2 Å². The highest BCUT2D eigenvalue weighted by atomic mass is 35.5. The number of nitro benzene ring substituents is 1. The van der Waals surface area contributed by atoms with Gasteiger partial charge in [0.2, 0.25) is 10.9 Å². The fraction of sp³-hybridized carbons (Fsp3) is 0. The first-order valence-electron chi connectivity index (χ1n) is 4.18. The van der Waals surface area contributed by atoms with E-state index >= 15 is 0 Å². The number of nitrogens with zero attached hydrogens (tertiary/aromatic N) is 3. The van der Waals surface area contributed by atoms with Crippen molar-refractivity contribution in [1.82, 2.24) is 8.75 Å². The van der Waals surface area contributed by atoms with Crippen molar-refractivity contribution in [2.45, 2.75) is 0 Å². The summed E-state index contributed by atoms with van der Waals surface area (Å²) in [7, 11) is 0. The van der Waals surface area contributed by atoms with Gasteiger partial charge in [-0.3, -0.25) is 10.1 Å². The van der Waals surface area contributed by atoms with Crippen LogP contribution in [-0.4, -0.2) is 13.7 Å². The molecule has 0 spiro atoms. The number of nitro groups is 1. The van der Waals surface area contributed by atoms with E-state index in [0.29, 0.717) is 0 Å². The monoisotopic (exact) mass is 275 g/mol. The molecule has 1 aromatic carbocycles. The van der Waals surface area contributed by atoms with Crippen molar-refractivity contribution < 1.29 is 14.1 Å². The second-order valence-electron chi connectivity index (χ2n) is 2.83. The standard InChI is InChI=1S/C8H3ClFN3O3S/c9-7-8(12-17-11-7)16-6-2-1-4(10)3-5(6)13(14)15/h1-3H. The van der Waals surface area contributed by atoms with E-state index in [1.807, 2.05) is 0 Å². The van der Waals surface area contributed by atoms with Crippen LogP contribution in [0.1, 0.15) is 0 Å². The predicted molar refractivity (Wildman–Crippen MR) is 58.0 cm³/mol. The van der Waals surface area contributed by atoms with Crippen molar-refractivity contribution in [2.75, 3.05) is 0 Å². The molecule has 0 saturated heterocycles. The van der Waals surface area contributed by atoms with Crippen LogP contribution >= 0.6 is 23.3 Å². The molecule has 0 unspecified atom stereocenters. The van der Waals surface area contributed by atoms with Crippen LogP contribution in [0.4, 0.5) is 10.1 Å². The van der Waals surface area contributed by atoms with Crippen molar-refractivity contribution in [3.63, 3.8) is 0 Å². The SMILES string of the molecule is O=[N+]([O-])c1cc(F)ccc1Oc1nsnc1Cl. The molecule has 2 aromatic rings. The number of ether oxygens (including phenoxy) is 1. The van der Waals surface area contributed by atoms with Crippen molar-refractivity contribution in [3.8, 4) is 11.6 Å². The van der Waals surface area contributed by atoms with Crippen molar-refractivity contribution in [3.05, 3.63) is 39.3 Å². The molecule has 0 amide bonds. The number of rotatable bonds is 3. The Hall–Kier alpha value is -1.80. The largest absolute Gasteiger partial charge is 0.428 e. The fourth-order valence-corrected chi connectivity index (χ4v) is 1.67. The summed E-state index contributed by atoms with van der Waals surface area (Å²) in [5.74, 6) is -0.927. The third kappa shape index (κ3) is 2.48. The number of benzene rings is 1. The van der Waals surface area contributed by atoms with E-state index in [1.165, 1.54) is 0 Å². The maximum Gasteiger partial charge on any atom is 0.314 e. The summed E-state index contributed by atoms with van der Waals surface area (Å²) in [5.41, 5.74) is -0.505. The van der Waals surface area contributed by atoms with Crippen LogP contribution in [0.3, 0.4) is 0 Å². The molecule has 1 heterocycles. The van der Waals surface area contributed by atoms with Gasteiger partial charge >= 0.3 is 5.69 Å². The van der Waals surface area contributed by atoms with Gasteiger partial charge in [0, 0.05) is 0 Å². The lowest BCUT2D eigenvalue weighted by atomic mass is 10.3. The highest BCUT2D eigenvalue weighted by molar-refractivity contribution is 6.99. The van der Waals surface area contributed by atoms with Crippen molar-refractivity contribution in [2.24, 2.45) is 0 Å². The van der Waals surface area contributed by atoms with Gasteiger partial charge in [-0.05, 0) is 12.1 Å². The second-order valence-corrected chi connectivity index (χ2v) is 3.72. The van der Waals surface area contributed by atoms with E-state index < -0.39 is 16.4 Å². The van der Waals surface area contributed by atoms with Crippen molar-refractivity contribution >= 4 is 29.0 Å². The van der Waals surface area contributed by atoms with Gasteiger partial charge in [0.25, 0.3) is 5.88 Å². The first kappa shape index (κ1) is 11.7. The molecule has 0 fully saturated rings. The number of aromatic nitrogens is 2. The second kappa shape index (κ2) is 4.60. The Morgan fingerprint density at radius 1 is 1.47 bits per heavy atom. The van der Waals surface area contributed by atoms with Crippen LogP contribution in [0.25, 0.3) is 0 Å². The molecule has 6 nitrogen and oxygen atoms in total. The maximum atomic E-state index is 12.9. The van der Waals surface area contributed by atoms with E-state index in [9.17, 15) is 14.5 Å². The summed E-state index contributed by atoms with van der Waals surface area (Å²) >= 11 is 6.42. The molecule has 0 radical (unpaired) electrons. The average Bonchev–Trinajstić information content (AvgIpc) is 2.67. The first-order chi connectivity index (χ1) is 8.08. The number of hydrogen-bond donors (Lipinski definition) is 0. The summed E-state index contributed by atoms with van der Waals surface area (Å²) in [6, 6.07) is 2.92. The summed E-state index contributed by atoms with van der Waals surface area (Å²) in [6.45, 7) is 0. The molecular weight excluding hydrogens is 273 g/mol. The molecule has 17 heavy (non-hydrogen) atoms. The van der Waals surface area contributed by atoms with Crippen molar-refractivity contribution in [1.29, 1.82) is 0 Å². The molecule has 0 aliphatic heterocycles. The Balaban J connectivity index is 2.39. The summed E-state index contributed by atoms with van der Waals surface area (Å²) in [5, 5.41) is 10.7. The van der Waals surface area contributed by atoms with Crippen LogP contribution in [0.5, 0.6) is 11.6 Å².